The molecule has 0 aliphatic heterocycles. The van der Waals surface area contributed by atoms with E-state index >= 15 is 0 Å². The van der Waals surface area contributed by atoms with Crippen LogP contribution in [-0.4, -0.2) is 19.9 Å². The lowest BCUT2D eigenvalue weighted by Crippen LogP contribution is -2.05. The van der Waals surface area contributed by atoms with Crippen molar-refractivity contribution in [3.63, 3.8) is 0 Å². The van der Waals surface area contributed by atoms with E-state index in [1.165, 1.54) is 6.92 Å². The molecule has 0 unspecified atom stereocenters. The maximum absolute atomic E-state index is 12.9. The zero-order valence-electron chi connectivity index (χ0n) is 11.7. The number of aryl methyl sites for hydroxylation is 2. The highest BCUT2D eigenvalue weighted by Gasteiger charge is 2.38. The molecule has 116 valence electrons. The van der Waals surface area contributed by atoms with Crippen LogP contribution in [0.5, 0.6) is 0 Å². The average Bonchev–Trinajstić information content (AvgIpc) is 3.10. The Kier molecular flexibility index (Phi) is 3.27. The van der Waals surface area contributed by atoms with Crippen molar-refractivity contribution < 1.29 is 22.1 Å². The van der Waals surface area contributed by atoms with Gasteiger partial charge in [-0.3, -0.25) is 4.68 Å². The number of furan rings is 1. The molecule has 0 atom stereocenters. The molecule has 6 nitrogen and oxygen atoms in total. The van der Waals surface area contributed by atoms with E-state index in [-0.39, 0.29) is 23.0 Å². The summed E-state index contributed by atoms with van der Waals surface area (Å²) in [7, 11) is 1.76. The van der Waals surface area contributed by atoms with Gasteiger partial charge in [-0.05, 0) is 12.5 Å². The van der Waals surface area contributed by atoms with Crippen LogP contribution in [0.2, 0.25) is 0 Å². The average molecular weight is 312 g/mol. The molecule has 0 spiro atoms. The Morgan fingerprint density at radius 1 is 1.32 bits per heavy atom. The fourth-order valence-corrected chi connectivity index (χ4v) is 2.11. The lowest BCUT2D eigenvalue weighted by atomic mass is 10.1. The summed E-state index contributed by atoms with van der Waals surface area (Å²) in [5.74, 6) is 0.148. The van der Waals surface area contributed by atoms with Gasteiger partial charge in [0.1, 0.15) is 17.6 Å². The first kappa shape index (κ1) is 14.4. The topological polar surface area (TPSA) is 69.9 Å². The summed E-state index contributed by atoms with van der Waals surface area (Å²) in [6.07, 6.45) is -0.222. The van der Waals surface area contributed by atoms with Gasteiger partial charge >= 0.3 is 6.18 Å². The Bertz CT molecular complexity index is 800. The molecule has 3 aromatic rings. The van der Waals surface area contributed by atoms with Gasteiger partial charge in [-0.25, -0.2) is 0 Å². The highest BCUT2D eigenvalue weighted by atomic mass is 19.4. The second-order valence-electron chi connectivity index (χ2n) is 4.79. The maximum Gasteiger partial charge on any atom is 0.420 e. The van der Waals surface area contributed by atoms with Crippen LogP contribution in [-0.2, 0) is 19.6 Å². The molecule has 22 heavy (non-hydrogen) atoms. The van der Waals surface area contributed by atoms with Gasteiger partial charge in [0.2, 0.25) is 11.7 Å². The molecule has 0 saturated heterocycles. The number of alkyl halides is 3. The third-order valence-corrected chi connectivity index (χ3v) is 3.09. The summed E-state index contributed by atoms with van der Waals surface area (Å²) in [6, 6.07) is 0. The molecule has 3 rings (SSSR count). The number of rotatable bonds is 3. The van der Waals surface area contributed by atoms with Crippen molar-refractivity contribution in [3.8, 4) is 11.4 Å². The smallest absolute Gasteiger partial charge is 0.420 e. The molecule has 3 heterocycles. The monoisotopic (exact) mass is 312 g/mol. The quantitative estimate of drug-likeness (QED) is 0.743. The van der Waals surface area contributed by atoms with Crippen LogP contribution < -0.4 is 0 Å². The normalized spacial score (nSPS) is 12.0. The molecule has 3 aromatic heterocycles. The fraction of sp³-hybridized carbons (Fsp3) is 0.308. The number of aromatic nitrogens is 4. The Hall–Kier alpha value is -2.58. The third kappa shape index (κ3) is 2.61. The summed E-state index contributed by atoms with van der Waals surface area (Å²) in [6.45, 7) is 1.42. The van der Waals surface area contributed by atoms with Crippen molar-refractivity contribution in [1.82, 2.24) is 19.9 Å². The second-order valence-corrected chi connectivity index (χ2v) is 4.79. The van der Waals surface area contributed by atoms with Gasteiger partial charge in [-0.2, -0.15) is 23.3 Å². The fourth-order valence-electron chi connectivity index (χ4n) is 2.11. The van der Waals surface area contributed by atoms with Crippen molar-refractivity contribution >= 4 is 0 Å². The van der Waals surface area contributed by atoms with E-state index < -0.39 is 11.7 Å². The zero-order valence-corrected chi connectivity index (χ0v) is 11.7. The molecule has 0 radical (unpaired) electrons. The standard InChI is InChI=1S/C13H11F3N4O2/c1-7-11(9(6-21-7)13(14,15)16)12-18-10(22-19-12)3-8-4-17-20(2)5-8/h4-6H,3H2,1-2H3. The number of nitrogens with zero attached hydrogens (tertiary/aromatic N) is 4. The first-order valence-electron chi connectivity index (χ1n) is 6.30. The first-order chi connectivity index (χ1) is 10.3. The summed E-state index contributed by atoms with van der Waals surface area (Å²) in [5, 5.41) is 7.62. The van der Waals surface area contributed by atoms with Crippen molar-refractivity contribution in [2.45, 2.75) is 19.5 Å². The Labute approximate surface area is 122 Å². The number of halogens is 3. The van der Waals surface area contributed by atoms with E-state index in [4.69, 9.17) is 8.94 Å². The van der Waals surface area contributed by atoms with Crippen molar-refractivity contribution in [3.05, 3.63) is 41.4 Å². The van der Waals surface area contributed by atoms with E-state index in [0.717, 1.165) is 5.56 Å². The van der Waals surface area contributed by atoms with Crippen LogP contribution in [0.1, 0.15) is 22.8 Å². The molecular weight excluding hydrogens is 301 g/mol. The molecule has 0 bridgehead atoms. The van der Waals surface area contributed by atoms with Crippen molar-refractivity contribution in [2.24, 2.45) is 7.05 Å². The summed E-state index contributed by atoms with van der Waals surface area (Å²) >= 11 is 0. The summed E-state index contributed by atoms with van der Waals surface area (Å²) in [4.78, 5) is 4.02. The number of hydrogen-bond donors (Lipinski definition) is 0. The zero-order chi connectivity index (χ0) is 15.9. The minimum atomic E-state index is -4.54. The predicted octanol–water partition coefficient (Wildman–Crippen LogP) is 2.98. The van der Waals surface area contributed by atoms with Crippen LogP contribution in [0.3, 0.4) is 0 Å². The van der Waals surface area contributed by atoms with E-state index in [1.54, 1.807) is 24.1 Å². The Morgan fingerprint density at radius 2 is 2.09 bits per heavy atom. The lowest BCUT2D eigenvalue weighted by Gasteiger charge is -2.04. The molecule has 0 aliphatic rings. The van der Waals surface area contributed by atoms with Gasteiger partial charge in [-0.1, -0.05) is 5.16 Å². The van der Waals surface area contributed by atoms with Crippen LogP contribution in [0.4, 0.5) is 13.2 Å². The van der Waals surface area contributed by atoms with E-state index in [9.17, 15) is 13.2 Å². The predicted molar refractivity (Wildman–Crippen MR) is 67.8 cm³/mol. The highest BCUT2D eigenvalue weighted by Crippen LogP contribution is 2.39. The van der Waals surface area contributed by atoms with Crippen LogP contribution in [0.15, 0.2) is 27.6 Å². The largest absolute Gasteiger partial charge is 0.468 e. The molecule has 0 aliphatic carbocycles. The second kappa shape index (κ2) is 5.00. The van der Waals surface area contributed by atoms with Crippen LogP contribution in [0, 0.1) is 6.92 Å². The van der Waals surface area contributed by atoms with Gasteiger partial charge in [0, 0.05) is 13.2 Å². The van der Waals surface area contributed by atoms with E-state index in [2.05, 4.69) is 15.2 Å². The van der Waals surface area contributed by atoms with Crippen LogP contribution >= 0.6 is 0 Å². The third-order valence-electron chi connectivity index (χ3n) is 3.09. The minimum absolute atomic E-state index is 0.0843. The Morgan fingerprint density at radius 3 is 2.73 bits per heavy atom. The van der Waals surface area contributed by atoms with E-state index in [1.807, 2.05) is 0 Å². The molecule has 0 saturated carbocycles. The molecule has 0 aromatic carbocycles. The molecule has 0 N–H and O–H groups in total. The van der Waals surface area contributed by atoms with Gasteiger partial charge < -0.3 is 8.94 Å². The van der Waals surface area contributed by atoms with Gasteiger partial charge in [0.05, 0.1) is 18.2 Å². The molecule has 9 heteroatoms. The lowest BCUT2D eigenvalue weighted by molar-refractivity contribution is -0.137. The maximum atomic E-state index is 12.9. The highest BCUT2D eigenvalue weighted by molar-refractivity contribution is 5.62. The number of hydrogen-bond acceptors (Lipinski definition) is 5. The Balaban J connectivity index is 1.93. The minimum Gasteiger partial charge on any atom is -0.468 e. The SMILES string of the molecule is Cc1occ(C(F)(F)F)c1-c1noc(Cc2cnn(C)c2)n1. The van der Waals surface area contributed by atoms with Gasteiger partial charge in [0.15, 0.2) is 0 Å². The van der Waals surface area contributed by atoms with E-state index in [0.29, 0.717) is 12.7 Å². The first-order valence-corrected chi connectivity index (χ1v) is 6.30. The molecule has 0 amide bonds. The molecular formula is C13H11F3N4O2. The van der Waals surface area contributed by atoms with Gasteiger partial charge in [0.25, 0.3) is 0 Å². The molecule has 0 fully saturated rings. The van der Waals surface area contributed by atoms with Gasteiger partial charge in [-0.15, -0.1) is 0 Å². The summed E-state index contributed by atoms with van der Waals surface area (Å²) < 4.78 is 50.3. The van der Waals surface area contributed by atoms with Crippen LogP contribution in [0.25, 0.3) is 11.4 Å². The summed E-state index contributed by atoms with van der Waals surface area (Å²) in [5.41, 5.74) is -0.301. The van der Waals surface area contributed by atoms with Crippen molar-refractivity contribution in [1.29, 1.82) is 0 Å². The van der Waals surface area contributed by atoms with Crippen molar-refractivity contribution in [2.75, 3.05) is 0 Å².